The Balaban J connectivity index is 2.06. The van der Waals surface area contributed by atoms with Gasteiger partial charge in [0, 0.05) is 29.7 Å². The maximum atomic E-state index is 11.7. The Morgan fingerprint density at radius 2 is 2.20 bits per heavy atom. The van der Waals surface area contributed by atoms with Gasteiger partial charge in [-0.1, -0.05) is 18.2 Å². The molecule has 0 saturated carbocycles. The first-order valence-corrected chi connectivity index (χ1v) is 9.40. The highest BCUT2D eigenvalue weighted by Crippen LogP contribution is 2.43. The maximum absolute atomic E-state index is 11.7. The number of nitrogens with two attached hydrogens (primary N) is 1. The normalized spacial score (nSPS) is 23.3. The lowest BCUT2D eigenvalue weighted by Crippen LogP contribution is -2.37. The van der Waals surface area contributed by atoms with E-state index in [4.69, 9.17) is 15.2 Å². The highest BCUT2D eigenvalue weighted by atomic mass is 32.1. The second kappa shape index (κ2) is 7.99. The molecule has 3 atom stereocenters. The number of rotatable bonds is 7. The van der Waals surface area contributed by atoms with E-state index in [-0.39, 0.29) is 24.2 Å². The summed E-state index contributed by atoms with van der Waals surface area (Å²) in [5.74, 6) is -0.475. The van der Waals surface area contributed by atoms with E-state index in [1.807, 2.05) is 25.1 Å². The van der Waals surface area contributed by atoms with E-state index in [1.54, 1.807) is 11.3 Å². The molecular formula is C19H23NO4S. The molecule has 3 N–H and O–H groups in total. The number of hydrogen-bond acceptors (Lipinski definition) is 5. The van der Waals surface area contributed by atoms with Crippen LogP contribution in [0.5, 0.6) is 0 Å². The molecular weight excluding hydrogens is 338 g/mol. The molecule has 0 unspecified atom stereocenters. The number of allylic oxidation sites excluding steroid dienone is 1. The van der Waals surface area contributed by atoms with Crippen molar-refractivity contribution >= 4 is 27.3 Å². The van der Waals surface area contributed by atoms with Gasteiger partial charge in [0.15, 0.2) is 5.76 Å². The number of aliphatic hydroxyl groups excluding tert-OH is 1. The smallest absolute Gasteiger partial charge is 0.283 e. The molecule has 5 nitrogen and oxygen atoms in total. The summed E-state index contributed by atoms with van der Waals surface area (Å²) in [5.41, 5.74) is 6.62. The fourth-order valence-electron chi connectivity index (χ4n) is 3.39. The van der Waals surface area contributed by atoms with E-state index in [0.29, 0.717) is 13.0 Å². The topological polar surface area (TPSA) is 81.8 Å². The van der Waals surface area contributed by atoms with Gasteiger partial charge in [-0.15, -0.1) is 11.3 Å². The minimum Gasteiger partial charge on any atom is -0.459 e. The Morgan fingerprint density at radius 3 is 2.92 bits per heavy atom. The summed E-state index contributed by atoms with van der Waals surface area (Å²) in [5, 5.41) is 12.6. The van der Waals surface area contributed by atoms with Gasteiger partial charge in [0.05, 0.1) is 0 Å². The van der Waals surface area contributed by atoms with Crippen LogP contribution in [0.3, 0.4) is 0 Å². The van der Waals surface area contributed by atoms with Crippen molar-refractivity contribution in [1.82, 2.24) is 0 Å². The fourth-order valence-corrected chi connectivity index (χ4v) is 4.40. The lowest BCUT2D eigenvalue weighted by atomic mass is 9.80. The highest BCUT2D eigenvalue weighted by molar-refractivity contribution is 7.17. The van der Waals surface area contributed by atoms with Crippen molar-refractivity contribution < 1.29 is 19.4 Å². The molecule has 6 heteroatoms. The summed E-state index contributed by atoms with van der Waals surface area (Å²) in [6.45, 7) is 2.48. The predicted molar refractivity (Wildman–Crippen MR) is 98.2 cm³/mol. The van der Waals surface area contributed by atoms with E-state index >= 15 is 0 Å². The van der Waals surface area contributed by atoms with Crippen LogP contribution in [0.2, 0.25) is 0 Å². The van der Waals surface area contributed by atoms with Crippen LogP contribution in [-0.4, -0.2) is 30.5 Å². The SMILES string of the molecule is CCO[C@H]1OC(C(N)=O)=C[C@@H](c2csc3ccccc23)[C@H]1CCCO. The Morgan fingerprint density at radius 1 is 1.40 bits per heavy atom. The molecule has 1 aliphatic rings. The number of benzene rings is 1. The number of amides is 1. The Bertz CT molecular complexity index is 770. The average molecular weight is 361 g/mol. The van der Waals surface area contributed by atoms with Crippen LogP contribution in [0, 0.1) is 5.92 Å². The van der Waals surface area contributed by atoms with Crippen molar-refractivity contribution in [3.63, 3.8) is 0 Å². The Labute approximate surface area is 151 Å². The molecule has 1 amide bonds. The summed E-state index contributed by atoms with van der Waals surface area (Å²) in [7, 11) is 0. The predicted octanol–water partition coefficient (Wildman–Crippen LogP) is 3.14. The third kappa shape index (κ3) is 3.71. The van der Waals surface area contributed by atoms with Crippen molar-refractivity contribution in [1.29, 1.82) is 0 Å². The fraction of sp³-hybridized carbons (Fsp3) is 0.421. The molecule has 0 saturated heterocycles. The van der Waals surface area contributed by atoms with E-state index in [0.717, 1.165) is 12.0 Å². The highest BCUT2D eigenvalue weighted by Gasteiger charge is 2.38. The summed E-state index contributed by atoms with van der Waals surface area (Å²) in [6, 6.07) is 8.21. The van der Waals surface area contributed by atoms with E-state index < -0.39 is 12.2 Å². The molecule has 1 aromatic heterocycles. The van der Waals surface area contributed by atoms with Crippen LogP contribution >= 0.6 is 11.3 Å². The molecule has 2 heterocycles. The Kier molecular flexibility index (Phi) is 5.73. The summed E-state index contributed by atoms with van der Waals surface area (Å²) < 4.78 is 12.7. The molecule has 0 bridgehead atoms. The van der Waals surface area contributed by atoms with Gasteiger partial charge in [0.1, 0.15) is 0 Å². The van der Waals surface area contributed by atoms with E-state index in [2.05, 4.69) is 17.5 Å². The zero-order valence-electron chi connectivity index (χ0n) is 14.2. The van der Waals surface area contributed by atoms with Crippen LogP contribution < -0.4 is 5.73 Å². The first-order valence-electron chi connectivity index (χ1n) is 8.52. The number of primary amides is 1. The van der Waals surface area contributed by atoms with Crippen molar-refractivity contribution in [3.8, 4) is 0 Å². The van der Waals surface area contributed by atoms with E-state index in [1.165, 1.54) is 10.1 Å². The molecule has 25 heavy (non-hydrogen) atoms. The maximum Gasteiger partial charge on any atom is 0.283 e. The summed E-state index contributed by atoms with van der Waals surface area (Å²) >= 11 is 1.68. The molecule has 134 valence electrons. The van der Waals surface area contributed by atoms with Gasteiger partial charge >= 0.3 is 0 Å². The third-order valence-corrected chi connectivity index (χ3v) is 5.51. The standard InChI is InChI=1S/C19H23NO4S/c1-2-23-19-13(7-5-9-21)14(10-16(24-19)18(20)22)15-11-25-17-8-4-3-6-12(15)17/h3-4,6,8,10-11,13-14,19,21H,2,5,7,9H2,1H3,(H2,20,22)/t13-,14-,19+/m1/s1. The molecule has 1 aliphatic heterocycles. The van der Waals surface area contributed by atoms with Crippen molar-refractivity contribution in [2.24, 2.45) is 11.7 Å². The largest absolute Gasteiger partial charge is 0.459 e. The first kappa shape index (κ1) is 17.9. The summed E-state index contributed by atoms with van der Waals surface area (Å²) in [6.07, 6.45) is 2.65. The lowest BCUT2D eigenvalue weighted by Gasteiger charge is -2.36. The second-order valence-corrected chi connectivity index (χ2v) is 6.99. The van der Waals surface area contributed by atoms with Gasteiger partial charge in [0.25, 0.3) is 5.91 Å². The van der Waals surface area contributed by atoms with Crippen LogP contribution in [-0.2, 0) is 14.3 Å². The molecule has 3 rings (SSSR count). The minimum atomic E-state index is -0.588. The van der Waals surface area contributed by atoms with Gasteiger partial charge in [0.2, 0.25) is 6.29 Å². The van der Waals surface area contributed by atoms with Crippen LogP contribution in [0.15, 0.2) is 41.5 Å². The van der Waals surface area contributed by atoms with Crippen molar-refractivity contribution in [3.05, 3.63) is 47.0 Å². The van der Waals surface area contributed by atoms with Crippen LogP contribution in [0.4, 0.5) is 0 Å². The van der Waals surface area contributed by atoms with Gasteiger partial charge in [-0.25, -0.2) is 0 Å². The summed E-state index contributed by atoms with van der Waals surface area (Å²) in [4.78, 5) is 11.7. The monoisotopic (exact) mass is 361 g/mol. The number of hydrogen-bond donors (Lipinski definition) is 2. The third-order valence-electron chi connectivity index (χ3n) is 4.52. The van der Waals surface area contributed by atoms with Gasteiger partial charge < -0.3 is 20.3 Å². The minimum absolute atomic E-state index is 0.00760. The average Bonchev–Trinajstić information content (AvgIpc) is 3.04. The molecule has 0 fully saturated rings. The number of ether oxygens (including phenoxy) is 2. The quantitative estimate of drug-likeness (QED) is 0.794. The molecule has 1 aromatic carbocycles. The number of carbonyl (C=O) groups is 1. The molecule has 0 radical (unpaired) electrons. The van der Waals surface area contributed by atoms with Crippen molar-refractivity contribution in [2.75, 3.05) is 13.2 Å². The zero-order chi connectivity index (χ0) is 17.8. The van der Waals surface area contributed by atoms with Gasteiger partial charge in [-0.3, -0.25) is 4.79 Å². The van der Waals surface area contributed by atoms with Crippen molar-refractivity contribution in [2.45, 2.75) is 32.0 Å². The van der Waals surface area contributed by atoms with Crippen LogP contribution in [0.25, 0.3) is 10.1 Å². The number of thiophene rings is 1. The number of carbonyl (C=O) groups excluding carboxylic acids is 1. The number of aliphatic hydroxyl groups is 1. The van der Waals surface area contributed by atoms with E-state index in [9.17, 15) is 9.90 Å². The van der Waals surface area contributed by atoms with Gasteiger partial charge in [-0.2, -0.15) is 0 Å². The first-order chi connectivity index (χ1) is 12.2. The molecule has 0 aliphatic carbocycles. The van der Waals surface area contributed by atoms with Crippen LogP contribution in [0.1, 0.15) is 31.2 Å². The molecule has 2 aromatic rings. The lowest BCUT2D eigenvalue weighted by molar-refractivity contribution is -0.165. The van der Waals surface area contributed by atoms with Gasteiger partial charge in [-0.05, 0) is 48.2 Å². The second-order valence-electron chi connectivity index (χ2n) is 6.08. The number of fused-ring (bicyclic) bond motifs is 1. The Hall–Kier alpha value is -1.89. The zero-order valence-corrected chi connectivity index (χ0v) is 15.0. The molecule has 0 spiro atoms.